The van der Waals surface area contributed by atoms with Crippen molar-refractivity contribution in [3.8, 4) is 0 Å². The minimum absolute atomic E-state index is 0.0422. The fourth-order valence-corrected chi connectivity index (χ4v) is 4.78. The van der Waals surface area contributed by atoms with Crippen LogP contribution in [-0.2, 0) is 31.3 Å². The number of ether oxygens (including phenoxy) is 1. The van der Waals surface area contributed by atoms with Crippen LogP contribution < -0.4 is 5.32 Å². The molecule has 2 aromatic rings. The van der Waals surface area contributed by atoms with E-state index in [0.29, 0.717) is 43.9 Å². The van der Waals surface area contributed by atoms with Crippen LogP contribution in [0, 0.1) is 6.92 Å². The summed E-state index contributed by atoms with van der Waals surface area (Å²) >= 11 is 0. The second-order valence-corrected chi connectivity index (χ2v) is 9.78. The number of oxime groups is 1. The lowest BCUT2D eigenvalue weighted by Crippen LogP contribution is -2.25. The average molecular weight is 433 g/mol. The maximum Gasteiger partial charge on any atom is 0.279 e. The Labute approximate surface area is 175 Å². The molecule has 30 heavy (non-hydrogen) atoms. The number of aryl methyl sites for hydroxylation is 2. The molecule has 2 heterocycles. The van der Waals surface area contributed by atoms with Gasteiger partial charge in [0.05, 0.1) is 23.4 Å². The molecule has 2 aliphatic rings. The van der Waals surface area contributed by atoms with Gasteiger partial charge in [0.1, 0.15) is 0 Å². The van der Waals surface area contributed by atoms with E-state index in [4.69, 9.17) is 9.57 Å². The van der Waals surface area contributed by atoms with Gasteiger partial charge in [-0.15, -0.1) is 0 Å². The Kier molecular flexibility index (Phi) is 5.61. The number of rotatable bonds is 7. The molecule has 9 nitrogen and oxygen atoms in total. The Balaban J connectivity index is 1.59. The van der Waals surface area contributed by atoms with Gasteiger partial charge in [-0.3, -0.25) is 9.48 Å². The fourth-order valence-electron chi connectivity index (χ4n) is 3.12. The third-order valence-corrected chi connectivity index (χ3v) is 7.45. The van der Waals surface area contributed by atoms with Crippen LogP contribution >= 0.6 is 0 Å². The fraction of sp³-hybridized carbons (Fsp3) is 0.450. The number of nitrogens with zero attached hydrogens (tertiary/aromatic N) is 3. The third-order valence-electron chi connectivity index (χ3n) is 5.17. The molecule has 1 atom stereocenters. The van der Waals surface area contributed by atoms with Crippen LogP contribution in [0.1, 0.15) is 30.5 Å². The van der Waals surface area contributed by atoms with Crippen molar-refractivity contribution in [3.05, 3.63) is 41.6 Å². The molecule has 1 saturated heterocycles. The van der Waals surface area contributed by atoms with E-state index in [0.717, 1.165) is 5.69 Å². The molecular formula is C20H24N4O5S. The molecule has 1 N–H and O–H groups in total. The molecule has 4 rings (SSSR count). The Morgan fingerprint density at radius 2 is 2.00 bits per heavy atom. The van der Waals surface area contributed by atoms with Crippen LogP contribution in [0.3, 0.4) is 0 Å². The predicted octanol–water partition coefficient (Wildman–Crippen LogP) is 1.81. The third kappa shape index (κ3) is 4.39. The lowest BCUT2D eigenvalue weighted by molar-refractivity contribution is -0.110. The van der Waals surface area contributed by atoms with Gasteiger partial charge in [-0.05, 0) is 31.9 Å². The van der Waals surface area contributed by atoms with Gasteiger partial charge in [0, 0.05) is 30.8 Å². The van der Waals surface area contributed by atoms with Crippen LogP contribution in [0.15, 0.2) is 40.4 Å². The lowest BCUT2D eigenvalue weighted by atomic mass is 10.1. The highest BCUT2D eigenvalue weighted by molar-refractivity contribution is 7.92. The van der Waals surface area contributed by atoms with Crippen molar-refractivity contribution in [2.75, 3.05) is 18.5 Å². The van der Waals surface area contributed by atoms with Gasteiger partial charge in [-0.25, -0.2) is 8.42 Å². The van der Waals surface area contributed by atoms with E-state index in [9.17, 15) is 13.2 Å². The minimum Gasteiger partial charge on any atom is -0.389 e. The van der Waals surface area contributed by atoms with Crippen LogP contribution in [0.4, 0.5) is 5.82 Å². The summed E-state index contributed by atoms with van der Waals surface area (Å²) in [7, 11) is -1.53. The first kappa shape index (κ1) is 20.5. The Morgan fingerprint density at radius 1 is 1.27 bits per heavy atom. The summed E-state index contributed by atoms with van der Waals surface area (Å²) in [5, 5.41) is 10.7. The Bertz CT molecular complexity index is 1050. The standard InChI is InChI=1S/C20H24N4O5S/c1-13-11-18(22-24(13)2)21-20(25)19(23-29-15-9-10-28-12-15)14-3-5-16(6-4-14)30(26,27)17-7-8-17/h3-6,11,15,17H,7-10,12H2,1-2H3,(H,21,22,25)/t15-/m1/s1. The van der Waals surface area contributed by atoms with E-state index >= 15 is 0 Å². The number of carbonyl (C=O) groups excluding carboxylic acids is 1. The maximum absolute atomic E-state index is 12.9. The summed E-state index contributed by atoms with van der Waals surface area (Å²) in [5.41, 5.74) is 1.38. The quantitative estimate of drug-likeness (QED) is 0.528. The number of nitrogens with one attached hydrogen (secondary N) is 1. The summed E-state index contributed by atoms with van der Waals surface area (Å²) in [5.74, 6) is -0.102. The van der Waals surface area contributed by atoms with E-state index in [1.807, 2.05) is 6.92 Å². The molecule has 2 fully saturated rings. The predicted molar refractivity (Wildman–Crippen MR) is 110 cm³/mol. The number of hydrogen-bond donors (Lipinski definition) is 1. The van der Waals surface area contributed by atoms with Crippen molar-refractivity contribution < 1.29 is 22.8 Å². The number of aromatic nitrogens is 2. The largest absolute Gasteiger partial charge is 0.389 e. The number of benzene rings is 1. The average Bonchev–Trinajstić information content (AvgIpc) is 3.37. The molecule has 1 aromatic carbocycles. The van der Waals surface area contributed by atoms with Gasteiger partial charge in [-0.2, -0.15) is 5.10 Å². The molecular weight excluding hydrogens is 408 g/mol. The summed E-state index contributed by atoms with van der Waals surface area (Å²) in [4.78, 5) is 18.7. The first-order valence-electron chi connectivity index (χ1n) is 9.82. The van der Waals surface area contributed by atoms with Crippen molar-refractivity contribution in [2.45, 2.75) is 42.4 Å². The molecule has 1 amide bonds. The van der Waals surface area contributed by atoms with Gasteiger partial charge in [0.2, 0.25) is 0 Å². The van der Waals surface area contributed by atoms with Crippen LogP contribution in [0.25, 0.3) is 0 Å². The molecule has 0 unspecified atom stereocenters. The number of anilines is 1. The number of amides is 1. The van der Waals surface area contributed by atoms with Crippen LogP contribution in [-0.4, -0.2) is 54.4 Å². The van der Waals surface area contributed by atoms with Gasteiger partial charge < -0.3 is 14.9 Å². The zero-order valence-electron chi connectivity index (χ0n) is 16.9. The number of sulfone groups is 1. The minimum atomic E-state index is -3.31. The van der Waals surface area contributed by atoms with E-state index in [1.165, 1.54) is 12.1 Å². The van der Waals surface area contributed by atoms with Crippen LogP contribution in [0.5, 0.6) is 0 Å². The van der Waals surface area contributed by atoms with Gasteiger partial charge >= 0.3 is 0 Å². The summed E-state index contributed by atoms with van der Waals surface area (Å²) in [6, 6.07) is 7.91. The molecule has 160 valence electrons. The second-order valence-electron chi connectivity index (χ2n) is 7.55. The zero-order valence-corrected chi connectivity index (χ0v) is 17.7. The normalized spacial score (nSPS) is 19.7. The summed E-state index contributed by atoms with van der Waals surface area (Å²) in [6.07, 6.45) is 1.86. The number of hydrogen-bond acceptors (Lipinski definition) is 7. The highest BCUT2D eigenvalue weighted by Gasteiger charge is 2.36. The topological polar surface area (TPSA) is 112 Å². The van der Waals surface area contributed by atoms with Gasteiger partial charge in [-0.1, -0.05) is 17.3 Å². The van der Waals surface area contributed by atoms with Crippen molar-refractivity contribution in [2.24, 2.45) is 12.2 Å². The van der Waals surface area contributed by atoms with Crippen molar-refractivity contribution in [1.82, 2.24) is 9.78 Å². The van der Waals surface area contributed by atoms with Crippen molar-refractivity contribution >= 4 is 27.3 Å². The monoisotopic (exact) mass is 432 g/mol. The second kappa shape index (κ2) is 8.19. The summed E-state index contributed by atoms with van der Waals surface area (Å²) in [6.45, 7) is 2.87. The van der Waals surface area contributed by atoms with Crippen molar-refractivity contribution in [3.63, 3.8) is 0 Å². The molecule has 10 heteroatoms. The number of carbonyl (C=O) groups is 1. The zero-order chi connectivity index (χ0) is 21.3. The maximum atomic E-state index is 12.9. The molecule has 0 radical (unpaired) electrons. The highest BCUT2D eigenvalue weighted by atomic mass is 32.2. The van der Waals surface area contributed by atoms with Gasteiger partial charge in [0.15, 0.2) is 27.5 Å². The Hall–Kier alpha value is -2.72. The highest BCUT2D eigenvalue weighted by Crippen LogP contribution is 2.33. The van der Waals surface area contributed by atoms with E-state index in [2.05, 4.69) is 15.6 Å². The van der Waals surface area contributed by atoms with E-state index < -0.39 is 15.7 Å². The lowest BCUT2D eigenvalue weighted by Gasteiger charge is -2.10. The SMILES string of the molecule is Cc1cc(NC(=O)C(=NO[C@@H]2CCOC2)c2ccc(S(=O)(=O)C3CC3)cc2)nn1C. The first-order chi connectivity index (χ1) is 14.3. The smallest absolute Gasteiger partial charge is 0.279 e. The molecule has 0 bridgehead atoms. The summed E-state index contributed by atoms with van der Waals surface area (Å²) < 4.78 is 31.8. The van der Waals surface area contributed by atoms with Crippen molar-refractivity contribution in [1.29, 1.82) is 0 Å². The van der Waals surface area contributed by atoms with E-state index in [-0.39, 0.29) is 22.0 Å². The molecule has 1 saturated carbocycles. The van der Waals surface area contributed by atoms with Gasteiger partial charge in [0.25, 0.3) is 5.91 Å². The van der Waals surface area contributed by atoms with E-state index in [1.54, 1.807) is 29.9 Å². The molecule has 1 aliphatic carbocycles. The molecule has 0 spiro atoms. The Morgan fingerprint density at radius 3 is 2.57 bits per heavy atom. The first-order valence-corrected chi connectivity index (χ1v) is 11.4. The molecule has 1 aromatic heterocycles. The van der Waals surface area contributed by atoms with Crippen LogP contribution in [0.2, 0.25) is 0 Å². The molecule has 1 aliphatic heterocycles.